The molecule has 190 valence electrons. The molecular weight excluding hydrogens is 444 g/mol. The normalized spacial score (nSPS) is 11.1. The average molecular weight is 483 g/mol. The molecule has 2 rings (SSSR count). The van der Waals surface area contributed by atoms with E-state index in [-0.39, 0.29) is 30.4 Å². The van der Waals surface area contributed by atoms with Crippen molar-refractivity contribution in [3.63, 3.8) is 0 Å². The highest BCUT2D eigenvalue weighted by Gasteiger charge is 2.22. The molecule has 0 atom stereocenters. The van der Waals surface area contributed by atoms with Crippen LogP contribution >= 0.6 is 0 Å². The summed E-state index contributed by atoms with van der Waals surface area (Å²) in [5.41, 5.74) is 0.729. The van der Waals surface area contributed by atoms with Crippen LogP contribution in [0.25, 0.3) is 0 Å². The van der Waals surface area contributed by atoms with Gasteiger partial charge in [0.1, 0.15) is 11.4 Å². The standard InChI is InChI=1S/C28H38N2O5/c1-28(2,3)35-27(34)30(21-19-26(33)29-23-15-17-24(31)18-16-23)20-11-6-4-5-10-14-25(32)22-12-8-7-9-13-22/h7-9,12-13,15-18,31H,4-6,10-11,14,19-21H2,1-3H3,(H,29,33). The van der Waals surface area contributed by atoms with Gasteiger partial charge in [-0.15, -0.1) is 0 Å². The van der Waals surface area contributed by atoms with Gasteiger partial charge in [-0.25, -0.2) is 4.79 Å². The summed E-state index contributed by atoms with van der Waals surface area (Å²) < 4.78 is 5.52. The first-order chi connectivity index (χ1) is 16.6. The molecule has 0 unspecified atom stereocenters. The Labute approximate surface area is 208 Å². The molecule has 0 aromatic heterocycles. The van der Waals surface area contributed by atoms with Gasteiger partial charge in [-0.1, -0.05) is 49.6 Å². The SMILES string of the molecule is CC(C)(C)OC(=O)N(CCCCCCCC(=O)c1ccccc1)CCC(=O)Nc1ccc(O)cc1. The van der Waals surface area contributed by atoms with Crippen LogP contribution in [0, 0.1) is 0 Å². The van der Waals surface area contributed by atoms with Crippen molar-refractivity contribution in [2.45, 2.75) is 71.3 Å². The zero-order valence-corrected chi connectivity index (χ0v) is 21.1. The van der Waals surface area contributed by atoms with Crippen molar-refractivity contribution in [2.75, 3.05) is 18.4 Å². The Kier molecular flexibility index (Phi) is 11.3. The Hall–Kier alpha value is -3.35. The Morgan fingerprint density at radius 3 is 2.11 bits per heavy atom. The first-order valence-electron chi connectivity index (χ1n) is 12.3. The first kappa shape index (κ1) is 27.9. The number of carbonyl (C=O) groups is 3. The Bertz CT molecular complexity index is 936. The zero-order valence-electron chi connectivity index (χ0n) is 21.1. The molecule has 2 N–H and O–H groups in total. The number of nitrogens with zero attached hydrogens (tertiary/aromatic N) is 1. The summed E-state index contributed by atoms with van der Waals surface area (Å²) in [5.74, 6) is 0.0847. The van der Waals surface area contributed by atoms with Gasteiger partial charge < -0.3 is 20.1 Å². The van der Waals surface area contributed by atoms with E-state index < -0.39 is 11.7 Å². The number of carbonyl (C=O) groups excluding carboxylic acids is 3. The summed E-state index contributed by atoms with van der Waals surface area (Å²) in [5, 5.41) is 12.1. The van der Waals surface area contributed by atoms with Gasteiger partial charge >= 0.3 is 6.09 Å². The summed E-state index contributed by atoms with van der Waals surface area (Å²) in [6.07, 6.45) is 4.77. The number of rotatable bonds is 13. The van der Waals surface area contributed by atoms with E-state index in [0.717, 1.165) is 37.7 Å². The molecule has 0 fully saturated rings. The van der Waals surface area contributed by atoms with Gasteiger partial charge in [-0.3, -0.25) is 9.59 Å². The summed E-state index contributed by atoms with van der Waals surface area (Å²) in [6.45, 7) is 6.21. The number of hydrogen-bond donors (Lipinski definition) is 2. The van der Waals surface area contributed by atoms with Crippen molar-refractivity contribution >= 4 is 23.5 Å². The van der Waals surface area contributed by atoms with Crippen LogP contribution in [-0.4, -0.2) is 46.5 Å². The number of benzene rings is 2. The minimum atomic E-state index is -0.616. The van der Waals surface area contributed by atoms with Crippen molar-refractivity contribution < 1.29 is 24.2 Å². The van der Waals surface area contributed by atoms with E-state index in [2.05, 4.69) is 5.32 Å². The number of nitrogens with one attached hydrogen (secondary N) is 1. The highest BCUT2D eigenvalue weighted by molar-refractivity contribution is 5.95. The number of Topliss-reactive ketones (excluding diaryl/α,β-unsaturated/α-hetero) is 1. The molecule has 0 aliphatic carbocycles. The van der Waals surface area contributed by atoms with Gasteiger partial charge in [0, 0.05) is 37.2 Å². The lowest BCUT2D eigenvalue weighted by Crippen LogP contribution is -2.39. The van der Waals surface area contributed by atoms with Crippen LogP contribution in [-0.2, 0) is 9.53 Å². The molecule has 0 bridgehead atoms. The van der Waals surface area contributed by atoms with Crippen LogP contribution in [0.4, 0.5) is 10.5 Å². The third-order valence-corrected chi connectivity index (χ3v) is 5.34. The van der Waals surface area contributed by atoms with Crippen molar-refractivity contribution in [3.8, 4) is 5.75 Å². The van der Waals surface area contributed by atoms with Crippen molar-refractivity contribution in [1.82, 2.24) is 4.90 Å². The first-order valence-corrected chi connectivity index (χ1v) is 12.3. The Balaban J connectivity index is 1.73. The maximum Gasteiger partial charge on any atom is 0.410 e. The van der Waals surface area contributed by atoms with Crippen LogP contribution in [0.15, 0.2) is 54.6 Å². The fourth-order valence-corrected chi connectivity index (χ4v) is 3.51. The fraction of sp³-hybridized carbons (Fsp3) is 0.464. The van der Waals surface area contributed by atoms with E-state index in [4.69, 9.17) is 4.74 Å². The largest absolute Gasteiger partial charge is 0.508 e. The minimum Gasteiger partial charge on any atom is -0.508 e. The van der Waals surface area contributed by atoms with Crippen LogP contribution in [0.1, 0.15) is 76.1 Å². The highest BCUT2D eigenvalue weighted by atomic mass is 16.6. The second-order valence-electron chi connectivity index (χ2n) is 9.62. The van der Waals surface area contributed by atoms with Gasteiger partial charge in [0.2, 0.25) is 5.91 Å². The second-order valence-corrected chi connectivity index (χ2v) is 9.62. The van der Waals surface area contributed by atoms with Gasteiger partial charge in [0.15, 0.2) is 5.78 Å². The van der Waals surface area contributed by atoms with Crippen molar-refractivity contribution in [3.05, 3.63) is 60.2 Å². The fourth-order valence-electron chi connectivity index (χ4n) is 3.51. The quantitative estimate of drug-likeness (QED) is 0.202. The number of ketones is 1. The smallest absolute Gasteiger partial charge is 0.410 e. The number of aromatic hydroxyl groups is 1. The molecule has 0 aliphatic heterocycles. The molecule has 2 amide bonds. The van der Waals surface area contributed by atoms with Crippen molar-refractivity contribution in [1.29, 1.82) is 0 Å². The number of hydrogen-bond acceptors (Lipinski definition) is 5. The van der Waals surface area contributed by atoms with Crippen LogP contribution < -0.4 is 5.32 Å². The zero-order chi connectivity index (χ0) is 25.7. The monoisotopic (exact) mass is 482 g/mol. The van der Waals surface area contributed by atoms with Gasteiger partial charge in [0.05, 0.1) is 0 Å². The van der Waals surface area contributed by atoms with E-state index in [9.17, 15) is 19.5 Å². The molecule has 2 aromatic carbocycles. The van der Waals surface area contributed by atoms with E-state index in [0.29, 0.717) is 18.7 Å². The molecule has 35 heavy (non-hydrogen) atoms. The molecule has 0 heterocycles. The lowest BCUT2D eigenvalue weighted by Gasteiger charge is -2.27. The summed E-state index contributed by atoms with van der Waals surface area (Å²) >= 11 is 0. The minimum absolute atomic E-state index is 0.127. The summed E-state index contributed by atoms with van der Waals surface area (Å²) in [7, 11) is 0. The lowest BCUT2D eigenvalue weighted by atomic mass is 10.0. The molecule has 0 saturated heterocycles. The van der Waals surface area contributed by atoms with Crippen LogP contribution in [0.2, 0.25) is 0 Å². The topological polar surface area (TPSA) is 95.9 Å². The Morgan fingerprint density at radius 2 is 1.46 bits per heavy atom. The Morgan fingerprint density at radius 1 is 0.829 bits per heavy atom. The summed E-state index contributed by atoms with van der Waals surface area (Å²) in [4.78, 5) is 38.7. The van der Waals surface area contributed by atoms with E-state index in [1.54, 1.807) is 17.0 Å². The van der Waals surface area contributed by atoms with Gasteiger partial charge in [0.25, 0.3) is 0 Å². The molecule has 7 nitrogen and oxygen atoms in total. The summed E-state index contributed by atoms with van der Waals surface area (Å²) in [6, 6.07) is 15.6. The number of ether oxygens (including phenoxy) is 1. The predicted molar refractivity (Wildman–Crippen MR) is 138 cm³/mol. The molecular formula is C28H38N2O5. The number of amides is 2. The number of unbranched alkanes of at least 4 members (excludes halogenated alkanes) is 4. The van der Waals surface area contributed by atoms with Crippen molar-refractivity contribution in [2.24, 2.45) is 0 Å². The maximum atomic E-state index is 12.6. The maximum absolute atomic E-state index is 12.6. The van der Waals surface area contributed by atoms with E-state index in [1.165, 1.54) is 12.1 Å². The molecule has 0 aliphatic rings. The molecule has 0 saturated carbocycles. The average Bonchev–Trinajstić information content (AvgIpc) is 2.81. The molecule has 0 radical (unpaired) electrons. The van der Waals surface area contributed by atoms with Gasteiger partial charge in [-0.2, -0.15) is 0 Å². The van der Waals surface area contributed by atoms with E-state index >= 15 is 0 Å². The number of anilines is 1. The van der Waals surface area contributed by atoms with Crippen LogP contribution in [0.3, 0.4) is 0 Å². The van der Waals surface area contributed by atoms with Crippen LogP contribution in [0.5, 0.6) is 5.75 Å². The third-order valence-electron chi connectivity index (χ3n) is 5.34. The molecule has 2 aromatic rings. The number of phenolic OH excluding ortho intramolecular Hbond substituents is 1. The highest BCUT2D eigenvalue weighted by Crippen LogP contribution is 2.15. The van der Waals surface area contributed by atoms with E-state index in [1.807, 2.05) is 51.1 Å². The molecule has 0 spiro atoms. The molecule has 7 heteroatoms. The van der Waals surface area contributed by atoms with Gasteiger partial charge in [-0.05, 0) is 57.9 Å². The second kappa shape index (κ2) is 14.1. The third kappa shape index (κ3) is 11.6. The predicted octanol–water partition coefficient (Wildman–Crippen LogP) is 6.18. The number of phenols is 1. The lowest BCUT2D eigenvalue weighted by molar-refractivity contribution is -0.116.